The summed E-state index contributed by atoms with van der Waals surface area (Å²) < 4.78 is 6.28. The summed E-state index contributed by atoms with van der Waals surface area (Å²) >= 11 is 1.93. The summed E-state index contributed by atoms with van der Waals surface area (Å²) in [5, 5.41) is 2.87. The Morgan fingerprint density at radius 3 is 2.62 bits per heavy atom. The molecule has 1 heterocycles. The Balaban J connectivity index is 1.57. The van der Waals surface area contributed by atoms with Gasteiger partial charge in [0.25, 0.3) is 0 Å². The number of fused-ring (bicyclic) bond motifs is 4. The van der Waals surface area contributed by atoms with Gasteiger partial charge in [-0.05, 0) is 34.1 Å². The van der Waals surface area contributed by atoms with Crippen LogP contribution in [0.15, 0.2) is 89.4 Å². The summed E-state index contributed by atoms with van der Waals surface area (Å²) in [6.07, 6.45) is 6.79. The topological polar surface area (TPSA) is 9.23 Å². The van der Waals surface area contributed by atoms with Crippen molar-refractivity contribution >= 4 is 28.6 Å². The lowest BCUT2D eigenvalue weighted by Gasteiger charge is -2.29. The third kappa shape index (κ3) is 2.26. The molecule has 1 aliphatic heterocycles. The van der Waals surface area contributed by atoms with Crippen molar-refractivity contribution in [3.05, 3.63) is 90.0 Å². The molecule has 24 heavy (non-hydrogen) atoms. The fourth-order valence-corrected chi connectivity index (χ4v) is 4.77. The molecule has 5 rings (SSSR count). The molecule has 0 aromatic heterocycles. The molecule has 3 aromatic carbocycles. The van der Waals surface area contributed by atoms with Crippen molar-refractivity contribution in [2.75, 3.05) is 0 Å². The van der Waals surface area contributed by atoms with Crippen LogP contribution in [0, 0.1) is 0 Å². The Morgan fingerprint density at radius 1 is 0.875 bits per heavy atom. The van der Waals surface area contributed by atoms with E-state index in [1.54, 1.807) is 0 Å². The van der Waals surface area contributed by atoms with Crippen LogP contribution in [0.4, 0.5) is 0 Å². The molecule has 0 bridgehead atoms. The van der Waals surface area contributed by atoms with E-state index in [4.69, 9.17) is 4.74 Å². The van der Waals surface area contributed by atoms with Crippen molar-refractivity contribution < 1.29 is 4.74 Å². The second kappa shape index (κ2) is 5.57. The minimum Gasteiger partial charge on any atom is -0.484 e. The van der Waals surface area contributed by atoms with Crippen LogP contribution in [0.3, 0.4) is 0 Å². The lowest BCUT2D eigenvalue weighted by Crippen LogP contribution is -2.28. The van der Waals surface area contributed by atoms with Crippen molar-refractivity contribution in [1.29, 1.82) is 0 Å². The number of thioether (sulfide) groups is 1. The van der Waals surface area contributed by atoms with Gasteiger partial charge in [0.1, 0.15) is 11.9 Å². The molecular formula is C22H16OS. The Morgan fingerprint density at radius 2 is 1.71 bits per heavy atom. The zero-order valence-corrected chi connectivity index (χ0v) is 13.9. The Kier molecular flexibility index (Phi) is 3.24. The standard InChI is InChI=1S/C22H16OS/c1-2-6-15(7-3-1)14-17-11-13-19-21(17)24-22-18-9-5-4-8-16(18)10-12-20(22)23-19/h1-14,19,21H/b17-14+. The minimum atomic E-state index is 0.124. The maximum absolute atomic E-state index is 6.28. The third-order valence-electron chi connectivity index (χ3n) is 4.59. The summed E-state index contributed by atoms with van der Waals surface area (Å²) in [5.41, 5.74) is 2.57. The van der Waals surface area contributed by atoms with Gasteiger partial charge in [0.2, 0.25) is 0 Å². The van der Waals surface area contributed by atoms with Gasteiger partial charge in [-0.2, -0.15) is 0 Å². The molecule has 0 N–H and O–H groups in total. The lowest BCUT2D eigenvalue weighted by molar-refractivity contribution is 0.249. The molecule has 0 fully saturated rings. The van der Waals surface area contributed by atoms with Crippen molar-refractivity contribution in [3.63, 3.8) is 0 Å². The van der Waals surface area contributed by atoms with E-state index >= 15 is 0 Å². The van der Waals surface area contributed by atoms with Crippen LogP contribution in [-0.2, 0) is 0 Å². The zero-order chi connectivity index (χ0) is 15.9. The normalized spacial score (nSPS) is 23.1. The number of rotatable bonds is 1. The van der Waals surface area contributed by atoms with E-state index in [1.807, 2.05) is 11.8 Å². The molecule has 2 aliphatic rings. The van der Waals surface area contributed by atoms with Crippen LogP contribution in [0.25, 0.3) is 16.8 Å². The van der Waals surface area contributed by atoms with E-state index in [-0.39, 0.29) is 6.10 Å². The molecule has 2 heteroatoms. The van der Waals surface area contributed by atoms with Gasteiger partial charge in [-0.1, -0.05) is 72.8 Å². The van der Waals surface area contributed by atoms with E-state index in [9.17, 15) is 0 Å². The summed E-state index contributed by atoms with van der Waals surface area (Å²) in [4.78, 5) is 1.26. The maximum Gasteiger partial charge on any atom is 0.134 e. The van der Waals surface area contributed by atoms with Gasteiger partial charge in [-0.3, -0.25) is 0 Å². The van der Waals surface area contributed by atoms with E-state index in [0.717, 1.165) is 5.75 Å². The molecule has 2 unspecified atom stereocenters. The molecule has 3 aromatic rings. The van der Waals surface area contributed by atoms with Gasteiger partial charge >= 0.3 is 0 Å². The lowest BCUT2D eigenvalue weighted by atomic mass is 10.1. The fourth-order valence-electron chi connectivity index (χ4n) is 3.41. The highest BCUT2D eigenvalue weighted by Crippen LogP contribution is 2.48. The van der Waals surface area contributed by atoms with Crippen molar-refractivity contribution in [1.82, 2.24) is 0 Å². The Labute approximate surface area is 145 Å². The molecule has 1 aliphatic carbocycles. The molecule has 116 valence electrons. The van der Waals surface area contributed by atoms with Gasteiger partial charge in [0, 0.05) is 0 Å². The number of allylic oxidation sites excluding steroid dienone is 1. The Bertz CT molecular complexity index is 972. The fraction of sp³-hybridized carbons (Fsp3) is 0.0909. The van der Waals surface area contributed by atoms with Gasteiger partial charge in [0.05, 0.1) is 10.1 Å². The molecule has 0 amide bonds. The summed E-state index contributed by atoms with van der Waals surface area (Å²) in [6.45, 7) is 0. The second-order valence-corrected chi connectivity index (χ2v) is 7.30. The first-order chi connectivity index (χ1) is 11.9. The van der Waals surface area contributed by atoms with Crippen LogP contribution in [0.5, 0.6) is 5.75 Å². The first kappa shape index (κ1) is 13.9. The average molecular weight is 328 g/mol. The minimum absolute atomic E-state index is 0.124. The maximum atomic E-state index is 6.28. The largest absolute Gasteiger partial charge is 0.484 e. The van der Waals surface area contributed by atoms with E-state index in [1.165, 1.54) is 26.8 Å². The van der Waals surface area contributed by atoms with Gasteiger partial charge in [-0.15, -0.1) is 11.8 Å². The number of hydrogen-bond acceptors (Lipinski definition) is 2. The number of benzene rings is 3. The monoisotopic (exact) mass is 328 g/mol. The molecule has 0 radical (unpaired) electrons. The van der Waals surface area contributed by atoms with Crippen LogP contribution in [-0.4, -0.2) is 11.4 Å². The third-order valence-corrected chi connectivity index (χ3v) is 6.04. The highest BCUT2D eigenvalue weighted by Gasteiger charge is 2.35. The molecule has 0 spiro atoms. The van der Waals surface area contributed by atoms with E-state index in [2.05, 4.69) is 85.0 Å². The Hall–Kier alpha value is -2.45. The zero-order valence-electron chi connectivity index (χ0n) is 13.1. The average Bonchev–Trinajstić information content (AvgIpc) is 3.03. The first-order valence-electron chi connectivity index (χ1n) is 8.18. The molecule has 0 saturated carbocycles. The van der Waals surface area contributed by atoms with Crippen LogP contribution < -0.4 is 4.74 Å². The predicted octanol–water partition coefficient (Wildman–Crippen LogP) is 5.71. The quantitative estimate of drug-likeness (QED) is 0.565. The van der Waals surface area contributed by atoms with Crippen LogP contribution >= 0.6 is 11.8 Å². The van der Waals surface area contributed by atoms with Gasteiger partial charge in [0.15, 0.2) is 0 Å². The van der Waals surface area contributed by atoms with E-state index in [0.29, 0.717) is 5.25 Å². The molecule has 2 atom stereocenters. The van der Waals surface area contributed by atoms with Gasteiger partial charge in [-0.25, -0.2) is 0 Å². The SMILES string of the molecule is C1=CC2Oc3ccc4ccccc4c3SC2/C1=C/c1ccccc1. The molecule has 0 saturated heterocycles. The van der Waals surface area contributed by atoms with Crippen molar-refractivity contribution in [2.24, 2.45) is 0 Å². The predicted molar refractivity (Wildman–Crippen MR) is 102 cm³/mol. The van der Waals surface area contributed by atoms with Crippen LogP contribution in [0.1, 0.15) is 5.56 Å². The van der Waals surface area contributed by atoms with Crippen molar-refractivity contribution in [3.8, 4) is 5.75 Å². The van der Waals surface area contributed by atoms with E-state index < -0.39 is 0 Å². The number of ether oxygens (including phenoxy) is 1. The summed E-state index contributed by atoms with van der Waals surface area (Å²) in [6, 6.07) is 23.3. The smallest absolute Gasteiger partial charge is 0.134 e. The molecular weight excluding hydrogens is 312 g/mol. The van der Waals surface area contributed by atoms with Crippen molar-refractivity contribution in [2.45, 2.75) is 16.2 Å². The first-order valence-corrected chi connectivity index (χ1v) is 9.06. The molecule has 1 nitrogen and oxygen atoms in total. The summed E-state index contributed by atoms with van der Waals surface area (Å²) in [5.74, 6) is 1.01. The van der Waals surface area contributed by atoms with Gasteiger partial charge < -0.3 is 4.74 Å². The highest BCUT2D eigenvalue weighted by molar-refractivity contribution is 8.00. The number of hydrogen-bond donors (Lipinski definition) is 0. The second-order valence-electron chi connectivity index (χ2n) is 6.15. The van der Waals surface area contributed by atoms with Crippen LogP contribution in [0.2, 0.25) is 0 Å². The highest BCUT2D eigenvalue weighted by atomic mass is 32.2. The summed E-state index contributed by atoms with van der Waals surface area (Å²) in [7, 11) is 0.